The number of ether oxygens (including phenoxy) is 1. The fraction of sp³-hybridized carbons (Fsp3) is 0.571. The smallest absolute Gasteiger partial charge is 0.146 e. The van der Waals surface area contributed by atoms with Crippen molar-refractivity contribution >= 4 is 16.9 Å². The Balaban J connectivity index is 1.14. The summed E-state index contributed by atoms with van der Waals surface area (Å²) in [6, 6.07) is 10.2. The highest BCUT2D eigenvalue weighted by molar-refractivity contribution is 5.90. The average molecular weight is 509 g/mol. The minimum absolute atomic E-state index is 0.0331. The molecular weight excluding hydrogens is 468 g/mol. The van der Waals surface area contributed by atoms with E-state index in [1.165, 1.54) is 11.9 Å². The molecule has 9 nitrogen and oxygen atoms in total. The van der Waals surface area contributed by atoms with Gasteiger partial charge < -0.3 is 35.9 Å². The Morgan fingerprint density at radius 1 is 1.00 bits per heavy atom. The van der Waals surface area contributed by atoms with E-state index in [1.807, 2.05) is 10.6 Å². The number of aromatic nitrogens is 3. The number of nitrogens with two attached hydrogens (primary N) is 1. The lowest BCUT2D eigenvalue weighted by Gasteiger charge is -2.22. The van der Waals surface area contributed by atoms with Gasteiger partial charge in [0.25, 0.3) is 0 Å². The van der Waals surface area contributed by atoms with Gasteiger partial charge in [-0.3, -0.25) is 0 Å². The fourth-order valence-corrected chi connectivity index (χ4v) is 5.91. The van der Waals surface area contributed by atoms with Crippen LogP contribution >= 0.6 is 0 Å². The van der Waals surface area contributed by atoms with Gasteiger partial charge in [0, 0.05) is 31.9 Å². The van der Waals surface area contributed by atoms with Crippen molar-refractivity contribution in [3.63, 3.8) is 0 Å². The summed E-state index contributed by atoms with van der Waals surface area (Å²) in [7, 11) is 0. The third-order valence-electron chi connectivity index (χ3n) is 8.00. The second kappa shape index (κ2) is 12.3. The second-order valence-corrected chi connectivity index (χ2v) is 10.4. The third-order valence-corrected chi connectivity index (χ3v) is 8.00. The highest BCUT2D eigenvalue weighted by Gasteiger charge is 2.43. The van der Waals surface area contributed by atoms with Crippen LogP contribution in [0.2, 0.25) is 0 Å². The maximum atomic E-state index is 11.0. The van der Waals surface area contributed by atoms with Gasteiger partial charge in [-0.15, -0.1) is 0 Å². The van der Waals surface area contributed by atoms with E-state index >= 15 is 0 Å². The van der Waals surface area contributed by atoms with Crippen LogP contribution in [0, 0.1) is 5.92 Å². The summed E-state index contributed by atoms with van der Waals surface area (Å²) in [5.74, 6) is 0.760. The van der Waals surface area contributed by atoms with Gasteiger partial charge in [-0.25, -0.2) is 9.97 Å². The van der Waals surface area contributed by atoms with Crippen molar-refractivity contribution < 1.29 is 14.9 Å². The first kappa shape index (κ1) is 26.1. The van der Waals surface area contributed by atoms with Crippen LogP contribution in [0.4, 0.5) is 5.82 Å². The summed E-state index contributed by atoms with van der Waals surface area (Å²) in [5, 5.41) is 29.7. The van der Waals surface area contributed by atoms with Gasteiger partial charge in [0.05, 0.1) is 17.5 Å². The highest BCUT2D eigenvalue weighted by Crippen LogP contribution is 2.41. The van der Waals surface area contributed by atoms with Crippen LogP contribution < -0.4 is 16.4 Å². The largest absolute Gasteiger partial charge is 0.390 e. The van der Waals surface area contributed by atoms with E-state index in [1.54, 1.807) is 0 Å². The molecule has 2 aromatic heterocycles. The van der Waals surface area contributed by atoms with E-state index in [-0.39, 0.29) is 12.0 Å². The molecule has 9 heteroatoms. The van der Waals surface area contributed by atoms with Gasteiger partial charge in [-0.2, -0.15) is 0 Å². The number of hydrogen-bond acceptors (Lipinski definition) is 8. The van der Waals surface area contributed by atoms with Crippen molar-refractivity contribution in [1.29, 1.82) is 0 Å². The van der Waals surface area contributed by atoms with Crippen LogP contribution in [0.15, 0.2) is 42.9 Å². The van der Waals surface area contributed by atoms with Gasteiger partial charge in [-0.1, -0.05) is 30.3 Å². The molecule has 0 spiro atoms. The zero-order chi connectivity index (χ0) is 25.6. The monoisotopic (exact) mass is 508 g/mol. The van der Waals surface area contributed by atoms with Gasteiger partial charge >= 0.3 is 0 Å². The van der Waals surface area contributed by atoms with Crippen LogP contribution in [-0.4, -0.2) is 76.3 Å². The molecule has 37 heavy (non-hydrogen) atoms. The summed E-state index contributed by atoms with van der Waals surface area (Å²) < 4.78 is 7.58. The molecule has 6 N–H and O–H groups in total. The first-order valence-electron chi connectivity index (χ1n) is 13.6. The SMILES string of the molecule is Nc1ncnc2c1c(C1CCOCC1)cn2[C@@H]1C[C@H](CNCCCNCCc2ccccc2)[C@@H](O)[C@H]1O. The Bertz CT molecular complexity index is 1130. The van der Waals surface area contributed by atoms with Gasteiger partial charge in [0.15, 0.2) is 0 Å². The van der Waals surface area contributed by atoms with Crippen LogP contribution in [0.1, 0.15) is 48.8 Å². The molecule has 1 saturated carbocycles. The molecule has 0 unspecified atom stereocenters. The molecule has 3 aromatic rings. The Kier molecular flexibility index (Phi) is 8.68. The number of hydrogen-bond donors (Lipinski definition) is 5. The predicted octanol–water partition coefficient (Wildman–Crippen LogP) is 2.00. The van der Waals surface area contributed by atoms with Crippen molar-refractivity contribution in [2.24, 2.45) is 5.92 Å². The molecule has 3 heterocycles. The van der Waals surface area contributed by atoms with E-state index in [9.17, 15) is 10.2 Å². The summed E-state index contributed by atoms with van der Waals surface area (Å²) in [6.07, 6.45) is 6.49. The summed E-state index contributed by atoms with van der Waals surface area (Å²) in [5.41, 5.74) is 9.51. The Hall–Kier alpha value is -2.56. The van der Waals surface area contributed by atoms with E-state index in [4.69, 9.17) is 10.5 Å². The average Bonchev–Trinajstić information content (AvgIpc) is 3.45. The predicted molar refractivity (Wildman–Crippen MR) is 144 cm³/mol. The number of nitrogen functional groups attached to an aromatic ring is 1. The molecule has 5 rings (SSSR count). The van der Waals surface area contributed by atoms with Gasteiger partial charge in [0.1, 0.15) is 23.9 Å². The minimum atomic E-state index is -0.860. The summed E-state index contributed by atoms with van der Waals surface area (Å²) >= 11 is 0. The highest BCUT2D eigenvalue weighted by atomic mass is 16.5. The second-order valence-electron chi connectivity index (χ2n) is 10.4. The molecular formula is C28H40N6O3. The quantitative estimate of drug-likeness (QED) is 0.249. The molecule has 2 aliphatic rings. The Morgan fingerprint density at radius 2 is 1.78 bits per heavy atom. The number of aliphatic hydroxyl groups excluding tert-OH is 2. The van der Waals surface area contributed by atoms with E-state index in [0.29, 0.717) is 24.7 Å². The summed E-state index contributed by atoms with van der Waals surface area (Å²) in [4.78, 5) is 8.78. The number of nitrogens with zero attached hydrogens (tertiary/aromatic N) is 3. The van der Waals surface area contributed by atoms with Crippen molar-refractivity contribution in [1.82, 2.24) is 25.2 Å². The van der Waals surface area contributed by atoms with Gasteiger partial charge in [-0.05, 0) is 68.8 Å². The minimum Gasteiger partial charge on any atom is -0.390 e. The first-order valence-corrected chi connectivity index (χ1v) is 13.6. The third kappa shape index (κ3) is 5.97. The van der Waals surface area contributed by atoms with E-state index in [2.05, 4.69) is 51.1 Å². The van der Waals surface area contributed by atoms with Crippen molar-refractivity contribution in [3.05, 3.63) is 54.0 Å². The maximum Gasteiger partial charge on any atom is 0.146 e. The molecule has 1 saturated heterocycles. The standard InChI is InChI=1S/C28H40N6O3/c29-27-24-22(20-8-13-37-14-9-20)17-34(28(24)33-18-32-27)23-15-21(25(35)26(23)36)16-31-11-4-10-30-12-7-19-5-2-1-3-6-19/h1-3,5-6,17-18,20-21,23,25-26,30-31,35-36H,4,7-16H2,(H2,29,32,33)/t21-,23-,25-,26+/m1/s1. The molecule has 200 valence electrons. The molecule has 0 amide bonds. The molecule has 2 fully saturated rings. The van der Waals surface area contributed by atoms with Crippen LogP contribution in [0.3, 0.4) is 0 Å². The molecule has 1 aliphatic carbocycles. The van der Waals surface area contributed by atoms with Crippen molar-refractivity contribution in [3.8, 4) is 0 Å². The molecule has 0 bridgehead atoms. The first-order chi connectivity index (χ1) is 18.1. The molecule has 1 aliphatic heterocycles. The number of aliphatic hydroxyl groups is 2. The fourth-order valence-electron chi connectivity index (χ4n) is 5.91. The maximum absolute atomic E-state index is 11.0. The van der Waals surface area contributed by atoms with Gasteiger partial charge in [0.2, 0.25) is 0 Å². The van der Waals surface area contributed by atoms with Crippen LogP contribution in [0.25, 0.3) is 11.0 Å². The lowest BCUT2D eigenvalue weighted by Crippen LogP contribution is -2.34. The topological polar surface area (TPSA) is 130 Å². The number of nitrogens with one attached hydrogen (secondary N) is 2. The molecule has 4 atom stereocenters. The number of rotatable bonds is 11. The Labute approximate surface area is 218 Å². The number of anilines is 1. The van der Waals surface area contributed by atoms with E-state index < -0.39 is 12.2 Å². The normalized spacial score (nSPS) is 24.7. The van der Waals surface area contributed by atoms with Crippen molar-refractivity contribution in [2.75, 3.05) is 45.1 Å². The van der Waals surface area contributed by atoms with E-state index in [0.717, 1.165) is 75.1 Å². The Morgan fingerprint density at radius 3 is 2.59 bits per heavy atom. The number of benzene rings is 1. The molecule has 1 aromatic carbocycles. The lowest BCUT2D eigenvalue weighted by atomic mass is 9.92. The zero-order valence-electron chi connectivity index (χ0n) is 21.4. The summed E-state index contributed by atoms with van der Waals surface area (Å²) in [6.45, 7) is 4.91. The lowest BCUT2D eigenvalue weighted by molar-refractivity contribution is 0.00690. The number of fused-ring (bicyclic) bond motifs is 1. The van der Waals surface area contributed by atoms with Crippen LogP contribution in [0.5, 0.6) is 0 Å². The van der Waals surface area contributed by atoms with Crippen molar-refractivity contribution in [2.45, 2.75) is 56.3 Å². The molecule has 0 radical (unpaired) electrons. The zero-order valence-corrected chi connectivity index (χ0v) is 21.4. The van der Waals surface area contributed by atoms with Crippen LogP contribution in [-0.2, 0) is 11.2 Å².